The summed E-state index contributed by atoms with van der Waals surface area (Å²) in [6.07, 6.45) is -1.59. The van der Waals surface area contributed by atoms with Gasteiger partial charge in [0.15, 0.2) is 0 Å². The highest BCUT2D eigenvalue weighted by Crippen LogP contribution is 2.27. The van der Waals surface area contributed by atoms with Gasteiger partial charge in [0.1, 0.15) is 17.2 Å². The lowest BCUT2D eigenvalue weighted by Crippen LogP contribution is -2.48. The smallest absolute Gasteiger partial charge is 0.439 e. The van der Waals surface area contributed by atoms with Gasteiger partial charge in [-0.15, -0.1) is 0 Å². The Labute approximate surface area is 139 Å². The minimum Gasteiger partial charge on any atom is -0.494 e. The van der Waals surface area contributed by atoms with Gasteiger partial charge in [0.05, 0.1) is 13.7 Å². The van der Waals surface area contributed by atoms with Crippen LogP contribution in [0.25, 0.3) is 0 Å². The van der Waals surface area contributed by atoms with Crippen molar-refractivity contribution in [2.45, 2.75) is 6.92 Å². The molecule has 7 nitrogen and oxygen atoms in total. The zero-order valence-electron chi connectivity index (χ0n) is 13.4. The minimum absolute atomic E-state index is 0.166. The van der Waals surface area contributed by atoms with Crippen molar-refractivity contribution in [1.82, 2.24) is 5.43 Å². The summed E-state index contributed by atoms with van der Waals surface area (Å²) < 4.78 is 15.3. The van der Waals surface area contributed by atoms with Crippen LogP contribution >= 0.6 is 0 Å². The summed E-state index contributed by atoms with van der Waals surface area (Å²) in [5.74, 6) is 0.729. The second kappa shape index (κ2) is 8.42. The molecule has 2 amide bonds. The Kier molecular flexibility index (Phi) is 6.01. The Balaban J connectivity index is 2.28. The van der Waals surface area contributed by atoms with Crippen LogP contribution < -0.4 is 19.9 Å². The molecule has 0 aromatic heterocycles. The van der Waals surface area contributed by atoms with E-state index >= 15 is 0 Å². The van der Waals surface area contributed by atoms with E-state index in [-0.39, 0.29) is 6.61 Å². The molecule has 126 valence electrons. The third-order valence-corrected chi connectivity index (χ3v) is 2.94. The van der Waals surface area contributed by atoms with Gasteiger partial charge in [-0.05, 0) is 31.2 Å². The zero-order valence-corrected chi connectivity index (χ0v) is 13.4. The van der Waals surface area contributed by atoms with Gasteiger partial charge < -0.3 is 14.2 Å². The molecule has 0 saturated heterocycles. The number of carbonyl (C=O) groups excluding carboxylic acids is 2. The maximum atomic E-state index is 12.5. The molecule has 0 unspecified atom stereocenters. The average Bonchev–Trinajstić information content (AvgIpc) is 2.60. The van der Waals surface area contributed by atoms with Crippen molar-refractivity contribution < 1.29 is 23.8 Å². The summed E-state index contributed by atoms with van der Waals surface area (Å²) in [4.78, 5) is 24.3. The second-order valence-corrected chi connectivity index (χ2v) is 4.52. The Bertz CT molecular complexity index is 690. The van der Waals surface area contributed by atoms with Gasteiger partial charge in [-0.1, -0.05) is 30.3 Å². The first kappa shape index (κ1) is 17.1. The van der Waals surface area contributed by atoms with Gasteiger partial charge >= 0.3 is 12.2 Å². The van der Waals surface area contributed by atoms with E-state index < -0.39 is 12.2 Å². The van der Waals surface area contributed by atoms with Crippen LogP contribution in [0.2, 0.25) is 0 Å². The molecule has 2 rings (SSSR count). The SMILES string of the molecule is CCOC(=O)NN(C(=O)Oc1ccccc1)c1ccccc1OC. The largest absolute Gasteiger partial charge is 0.494 e. The Morgan fingerprint density at radius 3 is 2.38 bits per heavy atom. The predicted octanol–water partition coefficient (Wildman–Crippen LogP) is 3.36. The lowest BCUT2D eigenvalue weighted by molar-refractivity contribution is 0.148. The van der Waals surface area contributed by atoms with E-state index in [4.69, 9.17) is 14.2 Å². The highest BCUT2D eigenvalue weighted by molar-refractivity contribution is 5.93. The summed E-state index contributed by atoms with van der Waals surface area (Å²) in [7, 11) is 1.46. The van der Waals surface area contributed by atoms with Gasteiger partial charge in [0, 0.05) is 0 Å². The van der Waals surface area contributed by atoms with Gasteiger partial charge in [0.25, 0.3) is 0 Å². The molecule has 0 radical (unpaired) electrons. The number of amides is 2. The molecular formula is C17H18N2O5. The van der Waals surface area contributed by atoms with Crippen molar-refractivity contribution in [3.63, 3.8) is 0 Å². The number of para-hydroxylation sites is 3. The lowest BCUT2D eigenvalue weighted by Gasteiger charge is -2.23. The fourth-order valence-electron chi connectivity index (χ4n) is 1.91. The molecule has 0 aliphatic heterocycles. The molecule has 1 N–H and O–H groups in total. The highest BCUT2D eigenvalue weighted by atomic mass is 16.6. The molecule has 2 aromatic rings. The Hall–Kier alpha value is -3.22. The molecule has 0 aliphatic carbocycles. The molecule has 0 fully saturated rings. The number of rotatable bonds is 4. The van der Waals surface area contributed by atoms with E-state index in [1.54, 1.807) is 61.5 Å². The topological polar surface area (TPSA) is 77.1 Å². The van der Waals surface area contributed by atoms with Crippen molar-refractivity contribution in [2.75, 3.05) is 18.7 Å². The number of nitrogens with zero attached hydrogens (tertiary/aromatic N) is 1. The number of hydrazine groups is 1. The van der Waals surface area contributed by atoms with E-state index in [0.717, 1.165) is 5.01 Å². The monoisotopic (exact) mass is 330 g/mol. The summed E-state index contributed by atoms with van der Waals surface area (Å²) in [6, 6.07) is 15.2. The third kappa shape index (κ3) is 4.39. The van der Waals surface area contributed by atoms with Gasteiger partial charge in [-0.2, -0.15) is 5.01 Å². The maximum Gasteiger partial charge on any atom is 0.439 e. The van der Waals surface area contributed by atoms with Crippen molar-refractivity contribution in [3.05, 3.63) is 54.6 Å². The van der Waals surface area contributed by atoms with Crippen LogP contribution in [-0.2, 0) is 4.74 Å². The number of benzene rings is 2. The van der Waals surface area contributed by atoms with Crippen LogP contribution in [0.3, 0.4) is 0 Å². The van der Waals surface area contributed by atoms with Crippen molar-refractivity contribution >= 4 is 17.9 Å². The summed E-state index contributed by atoms with van der Waals surface area (Å²) in [6.45, 7) is 1.83. The van der Waals surface area contributed by atoms with Gasteiger partial charge in [0.2, 0.25) is 0 Å². The van der Waals surface area contributed by atoms with Crippen LogP contribution in [0.15, 0.2) is 54.6 Å². The van der Waals surface area contributed by atoms with Crippen LogP contribution in [0.4, 0.5) is 15.3 Å². The van der Waals surface area contributed by atoms with Crippen LogP contribution in [-0.4, -0.2) is 25.9 Å². The molecule has 0 aliphatic rings. The highest BCUT2D eigenvalue weighted by Gasteiger charge is 2.24. The van der Waals surface area contributed by atoms with E-state index in [1.165, 1.54) is 7.11 Å². The quantitative estimate of drug-likeness (QED) is 0.870. The first-order valence-corrected chi connectivity index (χ1v) is 7.29. The summed E-state index contributed by atoms with van der Waals surface area (Å²) in [5, 5.41) is 0.934. The number of hydrogen-bond acceptors (Lipinski definition) is 5. The van der Waals surface area contributed by atoms with E-state index in [2.05, 4.69) is 5.43 Å². The predicted molar refractivity (Wildman–Crippen MR) is 88.1 cm³/mol. The molecule has 2 aromatic carbocycles. The molecule has 0 saturated carbocycles. The van der Waals surface area contributed by atoms with Crippen LogP contribution in [0.5, 0.6) is 11.5 Å². The number of carbonyl (C=O) groups is 2. The maximum absolute atomic E-state index is 12.5. The standard InChI is InChI=1S/C17H18N2O5/c1-3-23-16(20)18-19(14-11-7-8-12-15(14)22-2)17(21)24-13-9-5-4-6-10-13/h4-12H,3H2,1-2H3,(H,18,20). The number of nitrogens with one attached hydrogen (secondary N) is 1. The lowest BCUT2D eigenvalue weighted by atomic mass is 10.3. The van der Waals surface area contributed by atoms with E-state index in [1.807, 2.05) is 0 Å². The molecule has 0 spiro atoms. The van der Waals surface area contributed by atoms with E-state index in [0.29, 0.717) is 17.2 Å². The number of anilines is 1. The zero-order chi connectivity index (χ0) is 17.4. The number of ether oxygens (including phenoxy) is 3. The summed E-state index contributed by atoms with van der Waals surface area (Å²) >= 11 is 0. The first-order chi connectivity index (χ1) is 11.7. The summed E-state index contributed by atoms with van der Waals surface area (Å²) in [5.41, 5.74) is 2.66. The third-order valence-electron chi connectivity index (χ3n) is 2.94. The van der Waals surface area contributed by atoms with Gasteiger partial charge in [-0.3, -0.25) is 0 Å². The van der Waals surface area contributed by atoms with Crippen LogP contribution in [0.1, 0.15) is 6.92 Å². The van der Waals surface area contributed by atoms with Crippen LogP contribution in [0, 0.1) is 0 Å². The van der Waals surface area contributed by atoms with Crippen molar-refractivity contribution in [1.29, 1.82) is 0 Å². The second-order valence-electron chi connectivity index (χ2n) is 4.52. The molecule has 24 heavy (non-hydrogen) atoms. The number of hydrogen-bond donors (Lipinski definition) is 1. The number of methoxy groups -OCH3 is 1. The fourth-order valence-corrected chi connectivity index (χ4v) is 1.91. The minimum atomic E-state index is -0.807. The molecule has 0 bridgehead atoms. The Morgan fingerprint density at radius 1 is 1.04 bits per heavy atom. The van der Waals surface area contributed by atoms with Crippen molar-refractivity contribution in [3.8, 4) is 11.5 Å². The molecule has 0 heterocycles. The normalized spacial score (nSPS) is 9.75. The average molecular weight is 330 g/mol. The van der Waals surface area contributed by atoms with Crippen molar-refractivity contribution in [2.24, 2.45) is 0 Å². The van der Waals surface area contributed by atoms with E-state index in [9.17, 15) is 9.59 Å². The Morgan fingerprint density at radius 2 is 1.71 bits per heavy atom. The molecule has 0 atom stereocenters. The molecular weight excluding hydrogens is 312 g/mol. The first-order valence-electron chi connectivity index (χ1n) is 7.29. The molecule has 7 heteroatoms. The fraction of sp³-hybridized carbons (Fsp3) is 0.176. The van der Waals surface area contributed by atoms with Gasteiger partial charge in [-0.25, -0.2) is 15.0 Å².